The van der Waals surface area contributed by atoms with E-state index < -0.39 is 25.0 Å². The molecule has 1 unspecified atom stereocenters. The molecule has 0 aliphatic carbocycles. The molecular formula is C25H23ClF4N4O2. The van der Waals surface area contributed by atoms with E-state index in [0.29, 0.717) is 16.3 Å². The lowest BCUT2D eigenvalue weighted by molar-refractivity contribution is -0.168. The van der Waals surface area contributed by atoms with Crippen LogP contribution < -0.4 is 0 Å². The maximum absolute atomic E-state index is 13.4. The largest absolute Gasteiger partial charge is 0.373 e. The van der Waals surface area contributed by atoms with Crippen LogP contribution in [0.5, 0.6) is 0 Å². The maximum atomic E-state index is 13.4. The minimum Gasteiger partial charge on any atom is -0.373 e. The van der Waals surface area contributed by atoms with Crippen LogP contribution in [0.3, 0.4) is 0 Å². The zero-order valence-electron chi connectivity index (χ0n) is 19.3. The fraction of sp³-hybridized carbons (Fsp3) is 0.320. The van der Waals surface area contributed by atoms with Crippen molar-refractivity contribution in [2.24, 2.45) is 4.99 Å². The summed E-state index contributed by atoms with van der Waals surface area (Å²) in [7, 11) is 1.67. The Bertz CT molecular complexity index is 1230. The molecule has 0 spiro atoms. The van der Waals surface area contributed by atoms with E-state index in [9.17, 15) is 22.4 Å². The number of halogens is 5. The van der Waals surface area contributed by atoms with E-state index in [-0.39, 0.29) is 31.3 Å². The summed E-state index contributed by atoms with van der Waals surface area (Å²) in [5.74, 6) is -4.56. The molecule has 0 saturated heterocycles. The summed E-state index contributed by atoms with van der Waals surface area (Å²) in [6, 6.07) is 15.3. The molecule has 1 aliphatic heterocycles. The van der Waals surface area contributed by atoms with Crippen LogP contribution in [0, 0.1) is 0 Å². The number of carbonyl (C=O) groups excluding carboxylic acids is 1. The zero-order chi connectivity index (χ0) is 25.9. The van der Waals surface area contributed by atoms with Crippen molar-refractivity contribution in [3.8, 4) is 11.3 Å². The van der Waals surface area contributed by atoms with Crippen LogP contribution in [0.2, 0.25) is 5.02 Å². The lowest BCUT2D eigenvalue weighted by Crippen LogP contribution is -2.44. The van der Waals surface area contributed by atoms with Crippen molar-refractivity contribution in [2.75, 3.05) is 26.8 Å². The Morgan fingerprint density at radius 2 is 1.89 bits per heavy atom. The van der Waals surface area contributed by atoms with Gasteiger partial charge in [-0.15, -0.1) is 0 Å². The highest BCUT2D eigenvalue weighted by atomic mass is 35.5. The van der Waals surface area contributed by atoms with Crippen LogP contribution in [0.4, 0.5) is 17.6 Å². The van der Waals surface area contributed by atoms with Gasteiger partial charge in [0.1, 0.15) is 12.3 Å². The second-order valence-electron chi connectivity index (χ2n) is 8.41. The smallest absolute Gasteiger partial charge is 0.330 e. The van der Waals surface area contributed by atoms with Crippen LogP contribution >= 0.6 is 11.6 Å². The minimum absolute atomic E-state index is 0.103. The Labute approximate surface area is 210 Å². The molecule has 36 heavy (non-hydrogen) atoms. The number of ether oxygens (including phenoxy) is 1. The fourth-order valence-corrected chi connectivity index (χ4v) is 4.03. The highest BCUT2D eigenvalue weighted by molar-refractivity contribution is 6.30. The maximum Gasteiger partial charge on any atom is 0.330 e. The minimum atomic E-state index is -4.27. The van der Waals surface area contributed by atoms with Crippen molar-refractivity contribution < 1.29 is 27.1 Å². The van der Waals surface area contributed by atoms with E-state index in [0.717, 1.165) is 11.1 Å². The summed E-state index contributed by atoms with van der Waals surface area (Å²) < 4.78 is 58.3. The summed E-state index contributed by atoms with van der Waals surface area (Å²) in [5.41, 5.74) is 3.20. The molecule has 11 heteroatoms. The standard InChI is InChI=1S/C25H23ClF4N4O2/c1-31-11-16-2-4-17(5-3-16)12-33-13-20(14-36-15-25(29,30)24(27)28)34-22(23(33)35)10-21(32-34)18-6-8-19(26)9-7-18/h2-11,20,24H,12-15H2,1H3/b31-11+. The van der Waals surface area contributed by atoms with E-state index in [1.165, 1.54) is 4.68 Å². The second kappa shape index (κ2) is 10.8. The molecule has 1 aromatic heterocycles. The van der Waals surface area contributed by atoms with E-state index in [4.69, 9.17) is 16.3 Å². The topological polar surface area (TPSA) is 59.7 Å². The van der Waals surface area contributed by atoms with Crippen molar-refractivity contribution in [1.82, 2.24) is 14.7 Å². The molecule has 190 valence electrons. The van der Waals surface area contributed by atoms with Gasteiger partial charge in [0.2, 0.25) is 0 Å². The number of alkyl halides is 4. The van der Waals surface area contributed by atoms with Crippen molar-refractivity contribution in [2.45, 2.75) is 24.9 Å². The van der Waals surface area contributed by atoms with Gasteiger partial charge in [0.05, 0.1) is 18.3 Å². The molecule has 4 rings (SSSR count). The summed E-state index contributed by atoms with van der Waals surface area (Å²) in [5, 5.41) is 5.04. The van der Waals surface area contributed by atoms with Gasteiger partial charge in [-0.2, -0.15) is 13.9 Å². The van der Waals surface area contributed by atoms with Crippen LogP contribution in [-0.2, 0) is 11.3 Å². The molecule has 3 aromatic rings. The molecule has 1 atom stereocenters. The average Bonchev–Trinajstić information content (AvgIpc) is 3.29. The number of hydrogen-bond donors (Lipinski definition) is 0. The van der Waals surface area contributed by atoms with Gasteiger partial charge in [0, 0.05) is 36.9 Å². The number of carbonyl (C=O) groups is 1. The molecule has 2 aromatic carbocycles. The van der Waals surface area contributed by atoms with Crippen molar-refractivity contribution in [1.29, 1.82) is 0 Å². The number of rotatable bonds is 9. The summed E-state index contributed by atoms with van der Waals surface area (Å²) >= 11 is 5.96. The predicted octanol–water partition coefficient (Wildman–Crippen LogP) is 5.37. The van der Waals surface area contributed by atoms with Gasteiger partial charge in [-0.25, -0.2) is 8.78 Å². The molecule has 1 amide bonds. The fourth-order valence-electron chi connectivity index (χ4n) is 3.90. The van der Waals surface area contributed by atoms with Crippen LogP contribution in [0.1, 0.15) is 27.7 Å². The third-order valence-electron chi connectivity index (χ3n) is 5.71. The van der Waals surface area contributed by atoms with Gasteiger partial charge in [0.15, 0.2) is 0 Å². The van der Waals surface area contributed by atoms with E-state index in [1.807, 2.05) is 24.3 Å². The van der Waals surface area contributed by atoms with E-state index in [1.54, 1.807) is 48.5 Å². The Morgan fingerprint density at radius 1 is 1.19 bits per heavy atom. The lowest BCUT2D eigenvalue weighted by atomic mass is 10.1. The number of aromatic nitrogens is 2. The van der Waals surface area contributed by atoms with Gasteiger partial charge in [-0.3, -0.25) is 14.5 Å². The number of hydrogen-bond acceptors (Lipinski definition) is 4. The Kier molecular flexibility index (Phi) is 7.75. The molecule has 0 fully saturated rings. The van der Waals surface area contributed by atoms with Crippen LogP contribution in [-0.4, -0.2) is 66.0 Å². The zero-order valence-corrected chi connectivity index (χ0v) is 20.0. The molecule has 0 saturated carbocycles. The Hall–Kier alpha value is -3.24. The molecule has 0 bridgehead atoms. The van der Waals surface area contributed by atoms with Crippen LogP contribution in [0.15, 0.2) is 59.6 Å². The van der Waals surface area contributed by atoms with Crippen LogP contribution in [0.25, 0.3) is 11.3 Å². The van der Waals surface area contributed by atoms with Gasteiger partial charge in [-0.05, 0) is 29.3 Å². The molecule has 6 nitrogen and oxygen atoms in total. The summed E-state index contributed by atoms with van der Waals surface area (Å²) in [6.45, 7) is -1.40. The predicted molar refractivity (Wildman–Crippen MR) is 128 cm³/mol. The number of nitrogens with zero attached hydrogens (tertiary/aromatic N) is 4. The quantitative estimate of drug-likeness (QED) is 0.280. The molecule has 2 heterocycles. The molecule has 0 radical (unpaired) electrons. The first-order chi connectivity index (χ1) is 17.2. The average molecular weight is 523 g/mol. The first-order valence-corrected chi connectivity index (χ1v) is 11.5. The Balaban J connectivity index is 1.60. The third-order valence-corrected chi connectivity index (χ3v) is 5.97. The second-order valence-corrected chi connectivity index (χ2v) is 8.85. The number of fused-ring (bicyclic) bond motifs is 1. The van der Waals surface area contributed by atoms with E-state index >= 15 is 0 Å². The molecular weight excluding hydrogens is 500 g/mol. The highest BCUT2D eigenvalue weighted by Gasteiger charge is 2.41. The number of amides is 1. The normalized spacial score (nSPS) is 16.2. The van der Waals surface area contributed by atoms with Crippen molar-refractivity contribution in [3.05, 3.63) is 76.4 Å². The first kappa shape index (κ1) is 25.8. The van der Waals surface area contributed by atoms with Crippen molar-refractivity contribution in [3.63, 3.8) is 0 Å². The van der Waals surface area contributed by atoms with Gasteiger partial charge >= 0.3 is 12.3 Å². The SMILES string of the molecule is C/N=C/c1ccc(CN2CC(COCC(F)(F)C(F)F)n3nc(-c4ccc(Cl)cc4)cc3C2=O)cc1. The van der Waals surface area contributed by atoms with E-state index in [2.05, 4.69) is 10.1 Å². The molecule has 0 N–H and O–H groups in total. The number of aliphatic imine (C=N–C) groups is 1. The van der Waals surface area contributed by atoms with Gasteiger partial charge < -0.3 is 9.64 Å². The highest BCUT2D eigenvalue weighted by Crippen LogP contribution is 2.29. The summed E-state index contributed by atoms with van der Waals surface area (Å²) in [6.07, 6.45) is -2.13. The lowest BCUT2D eigenvalue weighted by Gasteiger charge is -2.33. The molecule has 1 aliphatic rings. The van der Waals surface area contributed by atoms with Gasteiger partial charge in [0.25, 0.3) is 5.91 Å². The number of benzene rings is 2. The summed E-state index contributed by atoms with van der Waals surface area (Å²) in [4.78, 5) is 18.8. The van der Waals surface area contributed by atoms with Gasteiger partial charge in [-0.1, -0.05) is 48.0 Å². The third kappa shape index (κ3) is 5.76. The Morgan fingerprint density at radius 3 is 2.53 bits per heavy atom. The monoisotopic (exact) mass is 522 g/mol. The first-order valence-electron chi connectivity index (χ1n) is 11.1. The van der Waals surface area contributed by atoms with Crippen molar-refractivity contribution >= 4 is 23.7 Å².